The van der Waals surface area contributed by atoms with Crippen LogP contribution in [-0.4, -0.2) is 38.0 Å². The number of hydrogen-bond donors (Lipinski definition) is 0. The summed E-state index contributed by atoms with van der Waals surface area (Å²) in [5.41, 5.74) is 9.58. The number of carbonyl (C=O) groups excluding carboxylic acids is 2. The average molecular weight is 1550 g/mol. The van der Waals surface area contributed by atoms with Gasteiger partial charge in [-0.25, -0.2) is 0 Å². The Labute approximate surface area is 676 Å². The first-order chi connectivity index (χ1) is 55.1. The minimum Gasteiger partial charge on any atom is -0.494 e. The van der Waals surface area contributed by atoms with E-state index in [1.165, 1.54) is 103 Å². The normalized spacial score (nSPS) is 14.5. The molecule has 14 heteroatoms. The number of benzene rings is 6. The van der Waals surface area contributed by atoms with Crippen molar-refractivity contribution >= 4 is 89.6 Å². The van der Waals surface area contributed by atoms with Crippen LogP contribution in [0.1, 0.15) is 268 Å². The number of nitriles is 4. The van der Waals surface area contributed by atoms with Crippen LogP contribution in [0, 0.1) is 45.3 Å². The van der Waals surface area contributed by atoms with Crippen LogP contribution in [0.15, 0.2) is 180 Å². The fourth-order valence-electron chi connectivity index (χ4n) is 17.1. The molecular formula is C98H96N4O6S4. The van der Waals surface area contributed by atoms with Gasteiger partial charge in [-0.3, -0.25) is 9.59 Å². The van der Waals surface area contributed by atoms with Gasteiger partial charge in [0.1, 0.15) is 58.4 Å². The number of hydrogen-bond acceptors (Lipinski definition) is 14. The minimum absolute atomic E-state index is 0.118. The molecular weight excluding hydrogens is 1460 g/mol. The van der Waals surface area contributed by atoms with Crippen molar-refractivity contribution in [2.45, 2.75) is 193 Å². The summed E-state index contributed by atoms with van der Waals surface area (Å²) in [5, 5.41) is 42.3. The lowest BCUT2D eigenvalue weighted by atomic mass is 9.67. The van der Waals surface area contributed by atoms with Crippen LogP contribution in [0.5, 0.6) is 23.0 Å². The third-order valence-electron chi connectivity index (χ3n) is 22.6. The van der Waals surface area contributed by atoms with E-state index in [1.54, 1.807) is 57.5 Å². The van der Waals surface area contributed by atoms with Crippen molar-refractivity contribution in [2.24, 2.45) is 0 Å². The molecule has 4 aliphatic rings. The molecule has 14 rings (SSSR count). The molecule has 10 aromatic rings. The summed E-state index contributed by atoms with van der Waals surface area (Å²) in [6.45, 7) is 11.4. The van der Waals surface area contributed by atoms with E-state index in [-0.39, 0.29) is 22.7 Å². The van der Waals surface area contributed by atoms with Gasteiger partial charge in [-0.15, -0.1) is 45.3 Å². The molecule has 112 heavy (non-hydrogen) atoms. The van der Waals surface area contributed by atoms with Gasteiger partial charge in [0.25, 0.3) is 0 Å². The lowest BCUT2D eigenvalue weighted by Crippen LogP contribution is -2.28. The van der Waals surface area contributed by atoms with Crippen molar-refractivity contribution in [1.82, 2.24) is 0 Å². The predicted molar refractivity (Wildman–Crippen MR) is 459 cm³/mol. The number of thiophene rings is 4. The Balaban J connectivity index is 1.01. The number of nitrogens with zero attached hydrogens (tertiary/aromatic N) is 4. The molecule has 4 aromatic heterocycles. The summed E-state index contributed by atoms with van der Waals surface area (Å²) in [6, 6.07) is 62.5. The molecule has 0 saturated heterocycles. The summed E-state index contributed by atoms with van der Waals surface area (Å²) in [6.07, 6.45) is 31.4. The van der Waals surface area contributed by atoms with E-state index in [2.05, 4.69) is 161 Å². The number of unbranched alkanes of at least 4 members (excludes halogenated alkanes) is 20. The van der Waals surface area contributed by atoms with E-state index >= 15 is 0 Å². The summed E-state index contributed by atoms with van der Waals surface area (Å²) in [7, 11) is 0. The molecule has 0 radical (unpaired) electrons. The number of allylic oxidation sites excluding steroid dienone is 6. The second-order valence-electron chi connectivity index (χ2n) is 29.9. The van der Waals surface area contributed by atoms with Gasteiger partial charge in [-0.2, -0.15) is 21.0 Å². The summed E-state index contributed by atoms with van der Waals surface area (Å²) < 4.78 is 28.7. The van der Waals surface area contributed by atoms with E-state index in [0.29, 0.717) is 71.0 Å². The zero-order valence-electron chi connectivity index (χ0n) is 64.8. The van der Waals surface area contributed by atoms with Gasteiger partial charge in [-0.1, -0.05) is 253 Å². The maximum atomic E-state index is 14.9. The van der Waals surface area contributed by atoms with Gasteiger partial charge >= 0.3 is 0 Å². The number of Topliss-reactive ketones (excluding diaryl/α,β-unsaturated/α-hetero) is 2. The average Bonchev–Trinajstić information content (AvgIpc) is 1.48. The van der Waals surface area contributed by atoms with Crippen molar-refractivity contribution < 1.29 is 28.5 Å². The number of ketones is 2. The van der Waals surface area contributed by atoms with Crippen molar-refractivity contribution in [3.63, 3.8) is 0 Å². The second-order valence-corrected chi connectivity index (χ2v) is 34.1. The minimum atomic E-state index is -1.00. The molecule has 6 aromatic carbocycles. The van der Waals surface area contributed by atoms with Crippen molar-refractivity contribution in [2.75, 3.05) is 26.4 Å². The first-order valence-corrected chi connectivity index (χ1v) is 44.0. The van der Waals surface area contributed by atoms with Crippen molar-refractivity contribution in [3.8, 4) is 66.8 Å². The van der Waals surface area contributed by atoms with Crippen LogP contribution in [0.2, 0.25) is 0 Å². The molecule has 0 amide bonds. The van der Waals surface area contributed by atoms with E-state index in [0.717, 1.165) is 158 Å². The quantitative estimate of drug-likeness (QED) is 0.0206. The van der Waals surface area contributed by atoms with Crippen LogP contribution < -0.4 is 18.9 Å². The van der Waals surface area contributed by atoms with Gasteiger partial charge in [0, 0.05) is 54.3 Å². The zero-order chi connectivity index (χ0) is 77.6. The highest BCUT2D eigenvalue weighted by Gasteiger charge is 2.55. The Morgan fingerprint density at radius 3 is 0.884 bits per heavy atom. The monoisotopic (exact) mass is 1550 g/mol. The highest BCUT2D eigenvalue weighted by Crippen LogP contribution is 2.70. The molecule has 0 saturated carbocycles. The molecule has 0 unspecified atom stereocenters. The van der Waals surface area contributed by atoms with E-state index in [4.69, 9.17) is 18.9 Å². The lowest BCUT2D eigenvalue weighted by molar-refractivity contribution is 0.103. The van der Waals surface area contributed by atoms with Crippen LogP contribution in [0.4, 0.5) is 0 Å². The van der Waals surface area contributed by atoms with Gasteiger partial charge in [0.05, 0.1) is 66.2 Å². The molecule has 0 fully saturated rings. The summed E-state index contributed by atoms with van der Waals surface area (Å²) >= 11 is 6.86. The topological polar surface area (TPSA) is 166 Å². The van der Waals surface area contributed by atoms with Crippen molar-refractivity contribution in [3.05, 3.63) is 257 Å². The molecule has 0 bridgehead atoms. The Kier molecular flexibility index (Phi) is 25.6. The van der Waals surface area contributed by atoms with Gasteiger partial charge in [-0.05, 0) is 143 Å². The smallest absolute Gasteiger partial charge is 0.194 e. The first-order valence-electron chi connectivity index (χ1n) is 40.7. The molecule has 0 N–H and O–H groups in total. The SMILES string of the molecule is CCCCCCCCOc1ccc(C2(c3ccc(OCCCCCCCC)cc3)c3cc(/C=C4\C(=O)c5ccccc5C4=C(C#N)C#N)sc3-c3sc4c5c(sc4c32)-c2sc(/C=C3\C(=O)c4ccccc4C3=C(C#N)C#N)cc2C5(c2ccc(OCCCCCCCC)cc2)c2ccc(OCCCCCCCC)cc2)cc1. The number of rotatable bonds is 38. The predicted octanol–water partition coefficient (Wildman–Crippen LogP) is 26.9. The molecule has 568 valence electrons. The maximum Gasteiger partial charge on any atom is 0.194 e. The number of carbonyl (C=O) groups is 2. The van der Waals surface area contributed by atoms with Crippen LogP contribution in [-0.2, 0) is 10.8 Å². The summed E-state index contributed by atoms with van der Waals surface area (Å²) in [5.74, 6) is 2.68. The fourth-order valence-corrected chi connectivity index (χ4v) is 22.8. The fraction of sp³-hybridized carbons (Fsp3) is 0.347. The second kappa shape index (κ2) is 36.5. The molecule has 0 atom stereocenters. The molecule has 4 aliphatic carbocycles. The zero-order valence-corrected chi connectivity index (χ0v) is 68.1. The molecule has 10 nitrogen and oxygen atoms in total. The molecule has 0 aliphatic heterocycles. The Hall–Kier alpha value is -10.2. The number of ether oxygens (including phenoxy) is 4. The van der Waals surface area contributed by atoms with Crippen molar-refractivity contribution in [1.29, 1.82) is 21.0 Å². The van der Waals surface area contributed by atoms with Crippen LogP contribution in [0.25, 0.3) is 52.2 Å². The number of fused-ring (bicyclic) bond motifs is 11. The largest absolute Gasteiger partial charge is 0.494 e. The third kappa shape index (κ3) is 15.4. The Morgan fingerprint density at radius 2 is 0.607 bits per heavy atom. The van der Waals surface area contributed by atoms with E-state index in [9.17, 15) is 30.6 Å². The van der Waals surface area contributed by atoms with Crippen LogP contribution >= 0.6 is 45.3 Å². The van der Waals surface area contributed by atoms with Crippen LogP contribution in [0.3, 0.4) is 0 Å². The molecule has 0 spiro atoms. The summed E-state index contributed by atoms with van der Waals surface area (Å²) in [4.78, 5) is 35.7. The first kappa shape index (κ1) is 78.5. The molecule has 4 heterocycles. The van der Waals surface area contributed by atoms with Gasteiger partial charge in [0.15, 0.2) is 11.6 Å². The third-order valence-corrected chi connectivity index (χ3v) is 27.7. The highest BCUT2D eigenvalue weighted by atomic mass is 32.1. The lowest BCUT2D eigenvalue weighted by Gasteiger charge is -2.34. The Bertz CT molecular complexity index is 4910. The van der Waals surface area contributed by atoms with E-state index in [1.807, 2.05) is 48.6 Å². The highest BCUT2D eigenvalue weighted by molar-refractivity contribution is 7.34. The van der Waals surface area contributed by atoms with E-state index < -0.39 is 10.8 Å². The van der Waals surface area contributed by atoms with Gasteiger partial charge < -0.3 is 18.9 Å². The van der Waals surface area contributed by atoms with Gasteiger partial charge in [0.2, 0.25) is 0 Å². The maximum absolute atomic E-state index is 14.9. The Morgan fingerprint density at radius 1 is 0.339 bits per heavy atom. The standard InChI is InChI=1S/C98H96N4O6S4/c1-5-9-13-17-21-29-53-105-71-45-37-67(38-46-71)97(68-39-47-72(48-40-68)106-54-30-22-18-14-10-6-2)83-59-75(57-81-85(65(61-99)62-100)77-33-25-27-35-79(77)89(81)103)109-91(83)93-87(97)95-96(111-93)88-94(112-95)92-84(60-76(110-92)58-82-86(66(63-101)64-102)78-34-26-28-36-80(78)90(82)104)98(88,69-41-49-73(50-42-69)107-55-31-23-19-15-11-7-3)70-43-51-74(52-44-70)108-56-32-24-20-16-12-8-4/h25-28,33-52,57-60H,5-24,29-32,53-56H2,1-4H3/b81-57-,82-58-.